The highest BCUT2D eigenvalue weighted by Crippen LogP contribution is 2.28. The Labute approximate surface area is 138 Å². The van der Waals surface area contributed by atoms with E-state index < -0.39 is 0 Å². The lowest BCUT2D eigenvalue weighted by atomic mass is 10.0. The Morgan fingerprint density at radius 1 is 1.29 bits per heavy atom. The topological polar surface area (TPSA) is 88.1 Å². The van der Waals surface area contributed by atoms with Crippen LogP contribution < -0.4 is 10.2 Å². The number of hydrazine groups is 1. The van der Waals surface area contributed by atoms with Gasteiger partial charge in [0, 0.05) is 13.1 Å². The highest BCUT2D eigenvalue weighted by atomic mass is 16.5. The summed E-state index contributed by atoms with van der Waals surface area (Å²) in [7, 11) is 0. The average molecular weight is 330 g/mol. The summed E-state index contributed by atoms with van der Waals surface area (Å²) in [5.74, 6) is 0.108. The van der Waals surface area contributed by atoms with Gasteiger partial charge < -0.3 is 14.6 Å². The van der Waals surface area contributed by atoms with Crippen molar-refractivity contribution in [1.29, 1.82) is 0 Å². The van der Waals surface area contributed by atoms with Crippen LogP contribution in [0, 0.1) is 0 Å². The summed E-state index contributed by atoms with van der Waals surface area (Å²) >= 11 is 0. The van der Waals surface area contributed by atoms with Crippen molar-refractivity contribution in [2.45, 2.75) is 0 Å². The van der Waals surface area contributed by atoms with Crippen molar-refractivity contribution in [1.82, 2.24) is 10.4 Å². The second-order valence-electron chi connectivity index (χ2n) is 5.42. The number of phenols is 1. The first-order valence-corrected chi connectivity index (χ1v) is 7.63. The van der Waals surface area contributed by atoms with Crippen LogP contribution in [-0.4, -0.2) is 55.2 Å². The Bertz CT molecular complexity index is 756. The van der Waals surface area contributed by atoms with Gasteiger partial charge in [-0.1, -0.05) is 12.1 Å². The number of nitrogens with one attached hydrogen (secondary N) is 1. The first-order chi connectivity index (χ1) is 11.7. The fourth-order valence-corrected chi connectivity index (χ4v) is 2.56. The van der Waals surface area contributed by atoms with Gasteiger partial charge in [0.2, 0.25) is 0 Å². The van der Waals surface area contributed by atoms with Gasteiger partial charge in [-0.3, -0.25) is 15.0 Å². The van der Waals surface area contributed by atoms with E-state index in [0.717, 1.165) is 5.39 Å². The van der Waals surface area contributed by atoms with Gasteiger partial charge in [0.25, 0.3) is 5.91 Å². The molecule has 1 fully saturated rings. The number of hydrogen-bond acceptors (Lipinski definition) is 6. The van der Waals surface area contributed by atoms with E-state index in [1.807, 2.05) is 0 Å². The first-order valence-electron chi connectivity index (χ1n) is 7.63. The van der Waals surface area contributed by atoms with E-state index in [1.54, 1.807) is 29.3 Å². The third-order valence-corrected chi connectivity index (χ3v) is 3.79. The molecule has 1 amide bonds. The van der Waals surface area contributed by atoms with Crippen LogP contribution in [0.15, 0.2) is 30.3 Å². The molecular weight excluding hydrogens is 312 g/mol. The number of carbonyl (C=O) groups is 2. The Kier molecular flexibility index (Phi) is 4.93. The number of nitrogens with zero attached hydrogens (tertiary/aromatic N) is 1. The SMILES string of the molecule is O=Cc1c(O)ccc2ccc(OCC(=O)NN3CCOCC3)cc12. The number of rotatable bonds is 5. The molecule has 126 valence electrons. The smallest absolute Gasteiger partial charge is 0.272 e. The summed E-state index contributed by atoms with van der Waals surface area (Å²) < 4.78 is 10.7. The van der Waals surface area contributed by atoms with E-state index in [-0.39, 0.29) is 23.8 Å². The van der Waals surface area contributed by atoms with Crippen LogP contribution in [-0.2, 0) is 9.53 Å². The molecule has 7 nitrogen and oxygen atoms in total. The lowest BCUT2D eigenvalue weighted by Crippen LogP contribution is -2.49. The summed E-state index contributed by atoms with van der Waals surface area (Å²) in [6.07, 6.45) is 0.604. The molecule has 7 heteroatoms. The molecule has 24 heavy (non-hydrogen) atoms. The van der Waals surface area contributed by atoms with Crippen LogP contribution >= 0.6 is 0 Å². The monoisotopic (exact) mass is 330 g/mol. The first kappa shape index (κ1) is 16.2. The third kappa shape index (κ3) is 3.64. The maximum atomic E-state index is 11.9. The van der Waals surface area contributed by atoms with Gasteiger partial charge in [0.15, 0.2) is 12.9 Å². The second-order valence-corrected chi connectivity index (χ2v) is 5.42. The van der Waals surface area contributed by atoms with E-state index in [1.165, 1.54) is 6.07 Å². The zero-order valence-corrected chi connectivity index (χ0v) is 13.0. The largest absolute Gasteiger partial charge is 0.507 e. The number of carbonyl (C=O) groups excluding carboxylic acids is 2. The Balaban J connectivity index is 1.66. The lowest BCUT2D eigenvalue weighted by molar-refractivity contribution is -0.130. The molecule has 0 radical (unpaired) electrons. The molecule has 1 heterocycles. The van der Waals surface area contributed by atoms with Gasteiger partial charge in [-0.15, -0.1) is 0 Å². The minimum atomic E-state index is -0.261. The summed E-state index contributed by atoms with van der Waals surface area (Å²) in [5.41, 5.74) is 2.96. The van der Waals surface area contributed by atoms with Gasteiger partial charge in [0.05, 0.1) is 18.8 Å². The van der Waals surface area contributed by atoms with E-state index >= 15 is 0 Å². The molecule has 3 rings (SSSR count). The summed E-state index contributed by atoms with van der Waals surface area (Å²) in [6, 6.07) is 8.32. The number of ether oxygens (including phenoxy) is 2. The number of phenolic OH excluding ortho intramolecular Hbond substituents is 1. The van der Waals surface area contributed by atoms with Crippen molar-refractivity contribution in [2.75, 3.05) is 32.9 Å². The molecule has 1 aliphatic rings. The van der Waals surface area contributed by atoms with Crippen LogP contribution in [0.3, 0.4) is 0 Å². The number of hydrogen-bond donors (Lipinski definition) is 2. The van der Waals surface area contributed by atoms with Crippen molar-refractivity contribution in [3.63, 3.8) is 0 Å². The molecule has 2 N–H and O–H groups in total. The molecule has 2 aromatic rings. The summed E-state index contributed by atoms with van der Waals surface area (Å²) in [4.78, 5) is 23.1. The van der Waals surface area contributed by atoms with Crippen molar-refractivity contribution in [2.24, 2.45) is 0 Å². The van der Waals surface area contributed by atoms with E-state index in [2.05, 4.69) is 5.43 Å². The minimum Gasteiger partial charge on any atom is -0.507 e. The molecule has 2 aromatic carbocycles. The van der Waals surface area contributed by atoms with Crippen LogP contribution in [0.5, 0.6) is 11.5 Å². The van der Waals surface area contributed by atoms with Crippen LogP contribution in [0.25, 0.3) is 10.8 Å². The van der Waals surface area contributed by atoms with E-state index in [0.29, 0.717) is 43.7 Å². The van der Waals surface area contributed by atoms with Crippen LogP contribution in [0.4, 0.5) is 0 Å². The van der Waals surface area contributed by atoms with Gasteiger partial charge in [0.1, 0.15) is 11.5 Å². The summed E-state index contributed by atoms with van der Waals surface area (Å²) in [5, 5.41) is 12.9. The predicted molar refractivity (Wildman–Crippen MR) is 87.0 cm³/mol. The molecule has 0 unspecified atom stereocenters. The molecular formula is C17H18N2O5. The van der Waals surface area contributed by atoms with Gasteiger partial charge in [-0.2, -0.15) is 0 Å². The highest BCUT2D eigenvalue weighted by molar-refractivity contribution is 6.01. The van der Waals surface area contributed by atoms with Gasteiger partial charge in [-0.25, -0.2) is 5.01 Å². The van der Waals surface area contributed by atoms with Crippen molar-refractivity contribution in [3.05, 3.63) is 35.9 Å². The fraction of sp³-hybridized carbons (Fsp3) is 0.294. The fourth-order valence-electron chi connectivity index (χ4n) is 2.56. The quantitative estimate of drug-likeness (QED) is 0.798. The molecule has 0 spiro atoms. The maximum absolute atomic E-state index is 11.9. The van der Waals surface area contributed by atoms with Gasteiger partial charge in [-0.05, 0) is 29.0 Å². The molecule has 0 aliphatic carbocycles. The number of amides is 1. The maximum Gasteiger partial charge on any atom is 0.272 e. The van der Waals surface area contributed by atoms with E-state index in [4.69, 9.17) is 9.47 Å². The van der Waals surface area contributed by atoms with Crippen molar-refractivity contribution in [3.8, 4) is 11.5 Å². The summed E-state index contributed by atoms with van der Waals surface area (Å²) in [6.45, 7) is 2.32. The number of fused-ring (bicyclic) bond motifs is 1. The highest BCUT2D eigenvalue weighted by Gasteiger charge is 2.13. The zero-order valence-electron chi connectivity index (χ0n) is 13.0. The number of morpholine rings is 1. The van der Waals surface area contributed by atoms with E-state index in [9.17, 15) is 14.7 Å². The predicted octanol–water partition coefficient (Wildman–Crippen LogP) is 1.10. The number of aromatic hydroxyl groups is 1. The Hall–Kier alpha value is -2.64. The van der Waals surface area contributed by atoms with Crippen LogP contribution in [0.1, 0.15) is 10.4 Å². The lowest BCUT2D eigenvalue weighted by Gasteiger charge is -2.26. The minimum absolute atomic E-state index is 0.0836. The molecule has 0 aromatic heterocycles. The third-order valence-electron chi connectivity index (χ3n) is 3.79. The molecule has 0 saturated carbocycles. The average Bonchev–Trinajstić information content (AvgIpc) is 2.60. The molecule has 0 bridgehead atoms. The molecule has 1 aliphatic heterocycles. The normalized spacial score (nSPS) is 15.2. The zero-order chi connectivity index (χ0) is 16.9. The van der Waals surface area contributed by atoms with Crippen molar-refractivity contribution >= 4 is 23.0 Å². The Morgan fingerprint density at radius 3 is 2.79 bits per heavy atom. The number of benzene rings is 2. The Morgan fingerprint density at radius 2 is 2.04 bits per heavy atom. The van der Waals surface area contributed by atoms with Crippen molar-refractivity contribution < 1.29 is 24.2 Å². The van der Waals surface area contributed by atoms with Crippen LogP contribution in [0.2, 0.25) is 0 Å². The number of aldehydes is 1. The molecule has 0 atom stereocenters. The van der Waals surface area contributed by atoms with Gasteiger partial charge >= 0.3 is 0 Å². The molecule has 1 saturated heterocycles. The standard InChI is InChI=1S/C17H18N2O5/c20-10-15-14-9-13(3-1-12(14)2-4-16(15)21)24-11-17(22)18-19-5-7-23-8-6-19/h1-4,9-10,21H,5-8,11H2,(H,18,22). The second kappa shape index (κ2) is 7.29.